The first-order valence-corrected chi connectivity index (χ1v) is 22.6. The van der Waals surface area contributed by atoms with Crippen molar-refractivity contribution in [1.82, 2.24) is 9.80 Å². The highest BCUT2D eigenvalue weighted by atomic mass is 16.7. The van der Waals surface area contributed by atoms with Crippen LogP contribution in [0, 0.1) is 35.5 Å². The first-order chi connectivity index (χ1) is 28.8. The molecule has 4 N–H and O–H groups in total. The Bertz CT molecular complexity index is 1420. The van der Waals surface area contributed by atoms with Gasteiger partial charge < -0.3 is 63.4 Å². The zero-order chi connectivity index (χ0) is 45.3. The third kappa shape index (κ3) is 13.8. The molecule has 4 aliphatic heterocycles. The summed E-state index contributed by atoms with van der Waals surface area (Å²) in [6.07, 6.45) is -2.96. The normalized spacial score (nSPS) is 44.3. The molecule has 19 atom stereocenters. The number of aliphatic hydroxyl groups excluding tert-OH is 4. The number of cyclic esters (lactones) is 1. The highest BCUT2D eigenvalue weighted by Crippen LogP contribution is 2.36. The maximum atomic E-state index is 14.0. The summed E-state index contributed by atoms with van der Waals surface area (Å²) in [5, 5.41) is 45.3. The minimum atomic E-state index is -1.23. The molecule has 61 heavy (non-hydrogen) atoms. The van der Waals surface area contributed by atoms with Crippen molar-refractivity contribution in [3.05, 3.63) is 23.8 Å². The van der Waals surface area contributed by atoms with Crippen LogP contribution in [-0.2, 0) is 42.7 Å². The fourth-order valence-electron chi connectivity index (χ4n) is 10.0. The van der Waals surface area contributed by atoms with E-state index in [4.69, 9.17) is 33.2 Å². The maximum Gasteiger partial charge on any atom is 0.308 e. The van der Waals surface area contributed by atoms with Gasteiger partial charge in [-0.2, -0.15) is 0 Å². The first-order valence-electron chi connectivity index (χ1n) is 22.6. The standard InChI is InChI=1S/C46H80N2O13/c1-13-36-33(24-57-46-44(56-12)43(55-11)40(53)31(8)59-46)19-25(2)14-15-34(49)28(5)20-32(16-17-48-22-26(3)18-27(4)23-48)42(29(6)35(50)21-37(51)60-36)61-45-41(54)38(47(9)10)39(52)30(7)58-45/h14-15,19,26-33,35-36,38-46,50,52-54H,13,16-18,20-24H2,1-12H3/b15-14+,25-19-/t26?,27?,28-,29+,30-,31-,32+,33-,35?,36-,38+,39-,40-,41-,42-,43-,44-,45+,46-/m1/s1. The van der Waals surface area contributed by atoms with Gasteiger partial charge in [-0.05, 0) is 90.9 Å². The number of hydrogen-bond donors (Lipinski definition) is 4. The molecule has 4 rings (SSSR count). The number of carbonyl (C=O) groups is 2. The number of ketones is 1. The molecule has 0 amide bonds. The molecule has 0 radical (unpaired) electrons. The number of ether oxygens (including phenoxy) is 7. The van der Waals surface area contributed by atoms with Crippen molar-refractivity contribution in [3.63, 3.8) is 0 Å². The van der Waals surface area contributed by atoms with Crippen molar-refractivity contribution in [3.8, 4) is 0 Å². The van der Waals surface area contributed by atoms with Crippen LogP contribution in [0.15, 0.2) is 23.8 Å². The van der Waals surface area contributed by atoms with E-state index < -0.39 is 103 Å². The summed E-state index contributed by atoms with van der Waals surface area (Å²) in [7, 11) is 6.54. The van der Waals surface area contributed by atoms with Crippen LogP contribution in [0.4, 0.5) is 0 Å². The lowest BCUT2D eigenvalue weighted by atomic mass is 9.79. The second-order valence-corrected chi connectivity index (χ2v) is 18.9. The molecule has 0 aromatic heterocycles. The number of likely N-dealkylation sites (tertiary alicyclic amines) is 1. The number of rotatable bonds is 12. The van der Waals surface area contributed by atoms with Gasteiger partial charge in [-0.15, -0.1) is 0 Å². The van der Waals surface area contributed by atoms with Gasteiger partial charge in [-0.3, -0.25) is 9.59 Å². The molecular formula is C46H80N2O13. The number of esters is 1. The van der Waals surface area contributed by atoms with Crippen LogP contribution in [0.25, 0.3) is 0 Å². The molecule has 0 bridgehead atoms. The predicted molar refractivity (Wildman–Crippen MR) is 229 cm³/mol. The summed E-state index contributed by atoms with van der Waals surface area (Å²) < 4.78 is 42.6. The molecule has 3 unspecified atom stereocenters. The molecule has 3 fully saturated rings. The van der Waals surface area contributed by atoms with Gasteiger partial charge in [0.2, 0.25) is 0 Å². The number of piperidine rings is 1. The van der Waals surface area contributed by atoms with E-state index in [1.165, 1.54) is 20.6 Å². The number of likely N-dealkylation sites (N-methyl/N-ethyl adjacent to an activating group) is 1. The van der Waals surface area contributed by atoms with E-state index in [0.29, 0.717) is 31.1 Å². The number of methoxy groups -OCH3 is 2. The third-order valence-corrected chi connectivity index (χ3v) is 13.5. The topological polar surface area (TPSA) is 186 Å². The second kappa shape index (κ2) is 23.9. The minimum absolute atomic E-state index is 0.0427. The Morgan fingerprint density at radius 2 is 1.44 bits per heavy atom. The number of nitrogens with zero attached hydrogens (tertiary/aromatic N) is 2. The molecule has 15 nitrogen and oxygen atoms in total. The molecule has 15 heteroatoms. The lowest BCUT2D eigenvalue weighted by Crippen LogP contribution is -2.63. The number of hydrogen-bond acceptors (Lipinski definition) is 15. The van der Waals surface area contributed by atoms with Crippen molar-refractivity contribution in [2.45, 2.75) is 167 Å². The van der Waals surface area contributed by atoms with E-state index in [-0.39, 0.29) is 24.7 Å². The van der Waals surface area contributed by atoms with Crippen LogP contribution in [0.5, 0.6) is 0 Å². The van der Waals surface area contributed by atoms with Crippen LogP contribution < -0.4 is 0 Å². The Balaban J connectivity index is 1.68. The predicted octanol–water partition coefficient (Wildman–Crippen LogP) is 3.34. The van der Waals surface area contributed by atoms with Crippen molar-refractivity contribution >= 4 is 11.8 Å². The van der Waals surface area contributed by atoms with Gasteiger partial charge in [-0.1, -0.05) is 52.3 Å². The van der Waals surface area contributed by atoms with Gasteiger partial charge in [0, 0.05) is 45.1 Å². The van der Waals surface area contributed by atoms with E-state index in [1.54, 1.807) is 45.0 Å². The van der Waals surface area contributed by atoms with Gasteiger partial charge >= 0.3 is 5.97 Å². The Hall–Kier alpha value is -1.86. The van der Waals surface area contributed by atoms with E-state index in [1.807, 2.05) is 33.8 Å². The Morgan fingerprint density at radius 3 is 2.05 bits per heavy atom. The van der Waals surface area contributed by atoms with Gasteiger partial charge in [0.1, 0.15) is 30.5 Å². The van der Waals surface area contributed by atoms with Gasteiger partial charge in [0.15, 0.2) is 18.4 Å². The Morgan fingerprint density at radius 1 is 0.820 bits per heavy atom. The van der Waals surface area contributed by atoms with Crippen LogP contribution in [0.2, 0.25) is 0 Å². The smallest absolute Gasteiger partial charge is 0.308 e. The van der Waals surface area contributed by atoms with Crippen molar-refractivity contribution in [2.75, 3.05) is 54.6 Å². The minimum Gasteiger partial charge on any atom is -0.462 e. The molecule has 0 aromatic rings. The highest BCUT2D eigenvalue weighted by molar-refractivity contribution is 5.91. The summed E-state index contributed by atoms with van der Waals surface area (Å²) in [5.74, 6) is -1.46. The lowest BCUT2D eigenvalue weighted by Gasteiger charge is -2.47. The summed E-state index contributed by atoms with van der Waals surface area (Å²) in [6.45, 7) is 18.2. The highest BCUT2D eigenvalue weighted by Gasteiger charge is 2.48. The molecule has 0 aliphatic carbocycles. The number of aliphatic hydroxyl groups is 4. The van der Waals surface area contributed by atoms with E-state index >= 15 is 0 Å². The quantitative estimate of drug-likeness (QED) is 0.209. The first kappa shape index (κ1) is 51.8. The van der Waals surface area contributed by atoms with Crippen LogP contribution in [-0.4, -0.2) is 176 Å². The Kier molecular flexibility index (Phi) is 20.3. The van der Waals surface area contributed by atoms with Gasteiger partial charge in [0.05, 0.1) is 49.6 Å². The van der Waals surface area contributed by atoms with E-state index in [0.717, 1.165) is 25.2 Å². The summed E-state index contributed by atoms with van der Waals surface area (Å²) >= 11 is 0. The average molecular weight is 869 g/mol. The summed E-state index contributed by atoms with van der Waals surface area (Å²) in [5.41, 5.74) is 0.761. The van der Waals surface area contributed by atoms with Crippen molar-refractivity contribution in [1.29, 1.82) is 0 Å². The molecule has 3 saturated heterocycles. The number of carbonyl (C=O) groups excluding carboxylic acids is 2. The molecule has 4 heterocycles. The van der Waals surface area contributed by atoms with Crippen molar-refractivity contribution in [2.24, 2.45) is 35.5 Å². The molecule has 0 saturated carbocycles. The fourth-order valence-corrected chi connectivity index (χ4v) is 10.0. The SMILES string of the molecule is CC[C@H]1OC(=O)CC(O)[C@H](C)[C@@H](O[C@@H]2O[C@H](C)[C@@H](O)[C@H](N(C)C)[C@H]2O)[C@@H](CCN2CC(C)CC(C)C2)C[C@@H](C)C(=O)/C=C/C(C)=C\[C@@H]1CO[C@@H]1O[C@H](C)[C@@H](O)[C@@H](OC)[C@H]1OC. The van der Waals surface area contributed by atoms with Crippen LogP contribution in [0.1, 0.15) is 87.5 Å². The molecule has 0 spiro atoms. The van der Waals surface area contributed by atoms with Crippen LogP contribution >= 0.6 is 0 Å². The third-order valence-electron chi connectivity index (χ3n) is 13.5. The average Bonchev–Trinajstić information content (AvgIpc) is 3.19. The molecular weight excluding hydrogens is 789 g/mol. The van der Waals surface area contributed by atoms with E-state index in [9.17, 15) is 30.0 Å². The van der Waals surface area contributed by atoms with Crippen LogP contribution in [0.3, 0.4) is 0 Å². The van der Waals surface area contributed by atoms with Crippen molar-refractivity contribution < 1.29 is 63.2 Å². The molecule has 4 aliphatic rings. The zero-order valence-corrected chi connectivity index (χ0v) is 38.9. The number of allylic oxidation sites excluding steroid dienone is 3. The monoisotopic (exact) mass is 869 g/mol. The molecule has 352 valence electrons. The summed E-state index contributed by atoms with van der Waals surface area (Å²) in [4.78, 5) is 32.1. The zero-order valence-electron chi connectivity index (χ0n) is 38.9. The van der Waals surface area contributed by atoms with E-state index in [2.05, 4.69) is 18.7 Å². The molecule has 0 aromatic carbocycles. The largest absolute Gasteiger partial charge is 0.462 e. The second-order valence-electron chi connectivity index (χ2n) is 18.9. The summed E-state index contributed by atoms with van der Waals surface area (Å²) in [6, 6.07) is -0.684. The fraction of sp³-hybridized carbons (Fsp3) is 0.870. The van der Waals surface area contributed by atoms with Gasteiger partial charge in [-0.25, -0.2) is 0 Å². The lowest BCUT2D eigenvalue weighted by molar-refractivity contribution is -0.304. The Labute approximate surface area is 365 Å². The maximum absolute atomic E-state index is 14.0. The van der Waals surface area contributed by atoms with Gasteiger partial charge in [0.25, 0.3) is 0 Å².